The van der Waals surface area contributed by atoms with E-state index in [0.29, 0.717) is 5.02 Å². The Hall–Kier alpha value is -0.580. The first-order chi connectivity index (χ1) is 7.74. The van der Waals surface area contributed by atoms with E-state index in [0.717, 1.165) is 37.9 Å². The topological polar surface area (TPSA) is 55.9 Å². The summed E-state index contributed by atoms with van der Waals surface area (Å²) in [6, 6.07) is 0.0986. The monoisotopic (exact) mass is 244 g/mol. The van der Waals surface area contributed by atoms with Crippen LogP contribution in [0.2, 0.25) is 5.02 Å². The molecule has 0 aliphatic heterocycles. The number of hydrogen-bond acceptors (Lipinski definition) is 3. The molecule has 92 valence electrons. The fraction of sp³-hybridized carbons (Fsp3) is 0.727. The van der Waals surface area contributed by atoms with Gasteiger partial charge in [-0.15, -0.1) is 0 Å². The minimum atomic E-state index is 0.0986. The van der Waals surface area contributed by atoms with Crippen molar-refractivity contribution in [3.8, 4) is 0 Å². The molecule has 4 nitrogen and oxygen atoms in total. The van der Waals surface area contributed by atoms with Gasteiger partial charge in [-0.1, -0.05) is 38.3 Å². The second-order valence-electron chi connectivity index (χ2n) is 3.96. The van der Waals surface area contributed by atoms with Gasteiger partial charge in [-0.05, 0) is 12.8 Å². The Bertz CT molecular complexity index is 311. The minimum absolute atomic E-state index is 0.0986. The second-order valence-corrected chi connectivity index (χ2v) is 4.37. The van der Waals surface area contributed by atoms with Gasteiger partial charge in [0.05, 0.1) is 23.0 Å². The first kappa shape index (κ1) is 13.5. The lowest BCUT2D eigenvalue weighted by Crippen LogP contribution is -2.30. The van der Waals surface area contributed by atoms with Gasteiger partial charge in [0.1, 0.15) is 0 Å². The average Bonchev–Trinajstić information content (AvgIpc) is 2.63. The molecule has 0 amide bonds. The molecular weight excluding hydrogens is 224 g/mol. The first-order valence-corrected chi connectivity index (χ1v) is 6.29. The van der Waals surface area contributed by atoms with E-state index >= 15 is 0 Å². The molecule has 0 aromatic carbocycles. The van der Waals surface area contributed by atoms with Crippen molar-refractivity contribution in [3.05, 3.63) is 16.9 Å². The van der Waals surface area contributed by atoms with Crippen molar-refractivity contribution in [2.75, 3.05) is 0 Å². The van der Waals surface area contributed by atoms with Crippen LogP contribution in [0.1, 0.15) is 51.3 Å². The van der Waals surface area contributed by atoms with Gasteiger partial charge in [0, 0.05) is 6.54 Å². The molecule has 1 aromatic rings. The molecule has 3 N–H and O–H groups in total. The lowest BCUT2D eigenvalue weighted by Gasteiger charge is -2.17. The highest BCUT2D eigenvalue weighted by Crippen LogP contribution is 2.26. The third-order valence-electron chi connectivity index (χ3n) is 2.65. The smallest absolute Gasteiger partial charge is 0.0834 e. The van der Waals surface area contributed by atoms with Crippen LogP contribution in [0.5, 0.6) is 0 Å². The van der Waals surface area contributed by atoms with Gasteiger partial charge in [-0.3, -0.25) is 16.0 Å². The molecule has 1 heterocycles. The molecule has 1 rings (SSSR count). The van der Waals surface area contributed by atoms with Crippen LogP contribution in [0, 0.1) is 0 Å². The number of halogens is 1. The molecule has 0 aliphatic carbocycles. The number of nitrogens with two attached hydrogens (primary N) is 1. The third kappa shape index (κ3) is 3.20. The number of nitrogens with one attached hydrogen (secondary N) is 1. The van der Waals surface area contributed by atoms with Gasteiger partial charge in [0.15, 0.2) is 0 Å². The fourth-order valence-electron chi connectivity index (χ4n) is 1.82. The average molecular weight is 245 g/mol. The van der Waals surface area contributed by atoms with E-state index in [1.807, 2.05) is 4.68 Å². The molecule has 0 spiro atoms. The number of aromatic nitrogens is 2. The van der Waals surface area contributed by atoms with E-state index in [2.05, 4.69) is 24.4 Å². The van der Waals surface area contributed by atoms with Gasteiger partial charge in [-0.2, -0.15) is 5.10 Å². The Morgan fingerprint density at radius 1 is 1.50 bits per heavy atom. The molecule has 0 aliphatic rings. The highest BCUT2D eigenvalue weighted by Gasteiger charge is 2.18. The summed E-state index contributed by atoms with van der Waals surface area (Å²) in [6.45, 7) is 5.17. The number of unbranched alkanes of at least 4 members (excludes halogenated alkanes) is 1. The summed E-state index contributed by atoms with van der Waals surface area (Å²) >= 11 is 6.15. The molecule has 0 saturated carbocycles. The Kier molecular flexibility index (Phi) is 5.80. The molecule has 0 bridgehead atoms. The predicted octanol–water partition coefficient (Wildman–Crippen LogP) is 2.64. The molecule has 0 radical (unpaired) electrons. The standard InChI is InChI=1S/C11H21ClN4/c1-3-5-6-10(15-13)11-9(12)8-14-16(11)7-4-2/h8,10,15H,3-7,13H2,1-2H3. The van der Waals surface area contributed by atoms with Gasteiger partial charge in [0.2, 0.25) is 0 Å². The van der Waals surface area contributed by atoms with Crippen LogP contribution in [0.3, 0.4) is 0 Å². The minimum Gasteiger partial charge on any atom is -0.271 e. The molecule has 1 unspecified atom stereocenters. The second kappa shape index (κ2) is 6.89. The van der Waals surface area contributed by atoms with Crippen molar-refractivity contribution in [1.82, 2.24) is 15.2 Å². The van der Waals surface area contributed by atoms with E-state index in [9.17, 15) is 0 Å². The van der Waals surface area contributed by atoms with Crippen LogP contribution in [0.4, 0.5) is 0 Å². The van der Waals surface area contributed by atoms with Crippen LogP contribution in [0.15, 0.2) is 6.20 Å². The van der Waals surface area contributed by atoms with Gasteiger partial charge < -0.3 is 0 Å². The van der Waals surface area contributed by atoms with Gasteiger partial charge in [-0.25, -0.2) is 0 Å². The maximum Gasteiger partial charge on any atom is 0.0834 e. The number of nitrogens with zero attached hydrogens (tertiary/aromatic N) is 2. The zero-order valence-corrected chi connectivity index (χ0v) is 10.8. The summed E-state index contributed by atoms with van der Waals surface area (Å²) in [5.41, 5.74) is 3.85. The molecule has 0 fully saturated rings. The number of aryl methyl sites for hydroxylation is 1. The number of hydrazine groups is 1. The highest BCUT2D eigenvalue weighted by molar-refractivity contribution is 6.31. The van der Waals surface area contributed by atoms with Gasteiger partial charge >= 0.3 is 0 Å². The van der Waals surface area contributed by atoms with E-state index in [1.165, 1.54) is 0 Å². The Morgan fingerprint density at radius 3 is 2.81 bits per heavy atom. The van der Waals surface area contributed by atoms with Crippen molar-refractivity contribution in [2.45, 2.75) is 52.1 Å². The van der Waals surface area contributed by atoms with Crippen molar-refractivity contribution in [3.63, 3.8) is 0 Å². The molecule has 16 heavy (non-hydrogen) atoms. The summed E-state index contributed by atoms with van der Waals surface area (Å²) in [7, 11) is 0. The largest absolute Gasteiger partial charge is 0.271 e. The van der Waals surface area contributed by atoms with Crippen molar-refractivity contribution in [1.29, 1.82) is 0 Å². The lowest BCUT2D eigenvalue weighted by molar-refractivity contribution is 0.445. The quantitative estimate of drug-likeness (QED) is 0.573. The van der Waals surface area contributed by atoms with E-state index in [1.54, 1.807) is 6.20 Å². The van der Waals surface area contributed by atoms with Crippen LogP contribution in [-0.2, 0) is 6.54 Å². The summed E-state index contributed by atoms with van der Waals surface area (Å²) in [5.74, 6) is 5.59. The van der Waals surface area contributed by atoms with E-state index in [4.69, 9.17) is 17.4 Å². The zero-order valence-electron chi connectivity index (χ0n) is 10.0. The normalized spacial score (nSPS) is 13.0. The molecule has 5 heteroatoms. The first-order valence-electron chi connectivity index (χ1n) is 5.91. The van der Waals surface area contributed by atoms with Crippen LogP contribution < -0.4 is 11.3 Å². The van der Waals surface area contributed by atoms with E-state index in [-0.39, 0.29) is 6.04 Å². The Morgan fingerprint density at radius 2 is 2.25 bits per heavy atom. The Labute approximate surface area is 102 Å². The SMILES string of the molecule is CCCCC(NN)c1c(Cl)cnn1CCC. The van der Waals surface area contributed by atoms with E-state index < -0.39 is 0 Å². The summed E-state index contributed by atoms with van der Waals surface area (Å²) < 4.78 is 1.95. The van der Waals surface area contributed by atoms with Crippen LogP contribution in [0.25, 0.3) is 0 Å². The molecular formula is C11H21ClN4. The summed E-state index contributed by atoms with van der Waals surface area (Å²) in [4.78, 5) is 0. The maximum absolute atomic E-state index is 6.15. The lowest BCUT2D eigenvalue weighted by atomic mass is 10.1. The number of hydrogen-bond donors (Lipinski definition) is 2. The van der Waals surface area contributed by atoms with Crippen molar-refractivity contribution < 1.29 is 0 Å². The molecule has 0 saturated heterocycles. The zero-order chi connectivity index (χ0) is 12.0. The summed E-state index contributed by atoms with van der Waals surface area (Å²) in [5, 5.41) is 4.97. The summed E-state index contributed by atoms with van der Waals surface area (Å²) in [6.07, 6.45) is 6.00. The molecule has 1 atom stereocenters. The van der Waals surface area contributed by atoms with Crippen molar-refractivity contribution in [2.24, 2.45) is 5.84 Å². The molecule has 1 aromatic heterocycles. The third-order valence-corrected chi connectivity index (χ3v) is 2.94. The fourth-order valence-corrected chi connectivity index (χ4v) is 2.09. The Balaban J connectivity index is 2.84. The highest BCUT2D eigenvalue weighted by atomic mass is 35.5. The van der Waals surface area contributed by atoms with Crippen LogP contribution >= 0.6 is 11.6 Å². The maximum atomic E-state index is 6.15. The predicted molar refractivity (Wildman–Crippen MR) is 67.1 cm³/mol. The number of rotatable bonds is 7. The van der Waals surface area contributed by atoms with Crippen molar-refractivity contribution >= 4 is 11.6 Å². The van der Waals surface area contributed by atoms with Crippen LogP contribution in [-0.4, -0.2) is 9.78 Å². The van der Waals surface area contributed by atoms with Gasteiger partial charge in [0.25, 0.3) is 0 Å².